The Morgan fingerprint density at radius 1 is 1.25 bits per heavy atom. The third kappa shape index (κ3) is 4.49. The second-order valence-electron chi connectivity index (χ2n) is 4.13. The van der Waals surface area contributed by atoms with E-state index < -0.39 is 43.2 Å². The molecule has 0 saturated carbocycles. The summed E-state index contributed by atoms with van der Waals surface area (Å²) in [5.74, 6) is 4.13. The molecular weight excluding hydrogens is 298 g/mol. The van der Waals surface area contributed by atoms with Gasteiger partial charge in [-0.1, -0.05) is 0 Å². The molecule has 0 aromatic carbocycles. The van der Waals surface area contributed by atoms with Crippen LogP contribution in [0.25, 0.3) is 0 Å². The van der Waals surface area contributed by atoms with Gasteiger partial charge in [0.15, 0.2) is 0 Å². The molecule has 0 spiro atoms. The van der Waals surface area contributed by atoms with Gasteiger partial charge in [0, 0.05) is 0 Å². The Balaban J connectivity index is 2.52. The molecule has 0 aromatic heterocycles. The lowest BCUT2D eigenvalue weighted by Gasteiger charge is -2.24. The van der Waals surface area contributed by atoms with Crippen molar-refractivity contribution in [3.8, 4) is 0 Å². The number of hydrogen-bond acceptors (Lipinski definition) is 4. The zero-order chi connectivity index (χ0) is 15.6. The highest BCUT2D eigenvalue weighted by atomic mass is 19.4. The average Bonchev–Trinajstić information content (AvgIpc) is 2.73. The van der Waals surface area contributed by atoms with Gasteiger partial charge >= 0.3 is 12.4 Å². The molecule has 0 bridgehead atoms. The summed E-state index contributed by atoms with van der Waals surface area (Å²) in [5.41, 5.74) is 1.78. The lowest BCUT2D eigenvalue weighted by molar-refractivity contribution is -0.324. The second-order valence-corrected chi connectivity index (χ2v) is 4.13. The molecule has 1 aliphatic rings. The third-order valence-corrected chi connectivity index (χ3v) is 2.59. The zero-order valence-corrected chi connectivity index (χ0v) is 9.92. The van der Waals surface area contributed by atoms with Crippen molar-refractivity contribution in [3.63, 3.8) is 0 Å². The van der Waals surface area contributed by atoms with Gasteiger partial charge in [-0.2, -0.15) is 26.3 Å². The van der Waals surface area contributed by atoms with Gasteiger partial charge in [0.25, 0.3) is 5.91 Å². The third-order valence-electron chi connectivity index (χ3n) is 2.59. The van der Waals surface area contributed by atoms with Crippen LogP contribution < -0.4 is 11.3 Å². The van der Waals surface area contributed by atoms with Gasteiger partial charge in [-0.05, 0) is 12.8 Å². The first-order valence-corrected chi connectivity index (χ1v) is 5.46. The van der Waals surface area contributed by atoms with Crippen LogP contribution in [0.1, 0.15) is 12.8 Å². The SMILES string of the molecule is NNC(=O)C1CCC(COC(C(F)(F)F)C(F)(F)F)O1. The molecule has 1 amide bonds. The van der Waals surface area contributed by atoms with Gasteiger partial charge in [-0.15, -0.1) is 0 Å². The molecule has 1 aliphatic heterocycles. The van der Waals surface area contributed by atoms with Gasteiger partial charge in [0.1, 0.15) is 6.10 Å². The summed E-state index contributed by atoms with van der Waals surface area (Å²) in [5, 5.41) is 0. The van der Waals surface area contributed by atoms with Crippen LogP contribution in [0.15, 0.2) is 0 Å². The van der Waals surface area contributed by atoms with E-state index in [-0.39, 0.29) is 12.8 Å². The molecule has 0 aromatic rings. The van der Waals surface area contributed by atoms with Crippen molar-refractivity contribution in [2.75, 3.05) is 6.61 Å². The number of alkyl halides is 6. The van der Waals surface area contributed by atoms with E-state index >= 15 is 0 Å². The molecular formula is C9H12F6N2O3. The maximum Gasteiger partial charge on any atom is 0.423 e. The fourth-order valence-corrected chi connectivity index (χ4v) is 1.69. The van der Waals surface area contributed by atoms with Crippen molar-refractivity contribution in [3.05, 3.63) is 0 Å². The van der Waals surface area contributed by atoms with Crippen molar-refractivity contribution in [1.29, 1.82) is 0 Å². The van der Waals surface area contributed by atoms with Crippen molar-refractivity contribution >= 4 is 5.91 Å². The maximum absolute atomic E-state index is 12.2. The smallest absolute Gasteiger partial charge is 0.363 e. The van der Waals surface area contributed by atoms with Gasteiger partial charge in [-0.25, -0.2) is 5.84 Å². The molecule has 118 valence electrons. The first kappa shape index (κ1) is 17.0. The van der Waals surface area contributed by atoms with Crippen molar-refractivity contribution in [1.82, 2.24) is 5.43 Å². The van der Waals surface area contributed by atoms with E-state index in [4.69, 9.17) is 10.6 Å². The zero-order valence-electron chi connectivity index (χ0n) is 9.92. The molecule has 1 rings (SSSR count). The fourth-order valence-electron chi connectivity index (χ4n) is 1.69. The molecule has 20 heavy (non-hydrogen) atoms. The lowest BCUT2D eigenvalue weighted by atomic mass is 10.2. The predicted octanol–water partition coefficient (Wildman–Crippen LogP) is 1.03. The predicted molar refractivity (Wildman–Crippen MR) is 52.1 cm³/mol. The molecule has 0 aliphatic carbocycles. The van der Waals surface area contributed by atoms with E-state index in [0.29, 0.717) is 0 Å². The van der Waals surface area contributed by atoms with E-state index in [1.54, 1.807) is 5.43 Å². The highest BCUT2D eigenvalue weighted by Gasteiger charge is 2.58. The van der Waals surface area contributed by atoms with Crippen LogP contribution in [0.2, 0.25) is 0 Å². The number of rotatable bonds is 4. The lowest BCUT2D eigenvalue weighted by Crippen LogP contribution is -2.45. The minimum absolute atomic E-state index is 0.0977. The largest absolute Gasteiger partial charge is 0.423 e. The Morgan fingerprint density at radius 3 is 2.25 bits per heavy atom. The van der Waals surface area contributed by atoms with Crippen LogP contribution in [0, 0.1) is 0 Å². The molecule has 5 nitrogen and oxygen atoms in total. The maximum atomic E-state index is 12.2. The molecule has 1 saturated heterocycles. The number of hydrazine groups is 1. The summed E-state index contributed by atoms with van der Waals surface area (Å²) in [4.78, 5) is 11.1. The Labute approximate surface area is 109 Å². The molecule has 0 radical (unpaired) electrons. The molecule has 11 heteroatoms. The summed E-state index contributed by atoms with van der Waals surface area (Å²) in [6.07, 6.45) is -16.8. The Morgan fingerprint density at radius 2 is 1.80 bits per heavy atom. The molecule has 1 fully saturated rings. The number of carbonyl (C=O) groups is 1. The molecule has 2 unspecified atom stereocenters. The van der Waals surface area contributed by atoms with E-state index in [2.05, 4.69) is 4.74 Å². The fraction of sp³-hybridized carbons (Fsp3) is 0.889. The van der Waals surface area contributed by atoms with Crippen LogP contribution in [0.3, 0.4) is 0 Å². The number of ether oxygens (including phenoxy) is 2. The Hall–Kier alpha value is -1.07. The number of carbonyl (C=O) groups excluding carboxylic acids is 1. The van der Waals surface area contributed by atoms with Crippen LogP contribution in [-0.4, -0.2) is 43.2 Å². The van der Waals surface area contributed by atoms with Gasteiger partial charge in [-0.3, -0.25) is 10.2 Å². The van der Waals surface area contributed by atoms with E-state index in [0.717, 1.165) is 0 Å². The number of nitrogens with one attached hydrogen (secondary N) is 1. The van der Waals surface area contributed by atoms with Gasteiger partial charge < -0.3 is 9.47 Å². The van der Waals surface area contributed by atoms with E-state index in [1.165, 1.54) is 0 Å². The highest BCUT2D eigenvalue weighted by Crippen LogP contribution is 2.36. The molecule has 3 N–H and O–H groups in total. The number of halogens is 6. The summed E-state index contributed by atoms with van der Waals surface area (Å²) in [6, 6.07) is 0. The number of nitrogens with two attached hydrogens (primary N) is 1. The van der Waals surface area contributed by atoms with Crippen LogP contribution in [0.4, 0.5) is 26.3 Å². The first-order chi connectivity index (χ1) is 9.05. The van der Waals surface area contributed by atoms with Crippen molar-refractivity contribution in [2.45, 2.75) is 43.5 Å². The number of hydrogen-bond donors (Lipinski definition) is 2. The number of amides is 1. The summed E-state index contributed by atoms with van der Waals surface area (Å²) >= 11 is 0. The first-order valence-electron chi connectivity index (χ1n) is 5.46. The van der Waals surface area contributed by atoms with Crippen molar-refractivity contribution < 1.29 is 40.6 Å². The molecule has 1 heterocycles. The average molecular weight is 310 g/mol. The standard InChI is InChI=1S/C9H12F6N2O3/c10-8(11,12)7(9(13,14)15)19-3-4-1-2-5(20-4)6(18)17-16/h4-5,7H,1-3,16H2,(H,17,18). The normalized spacial score (nSPS) is 24.2. The minimum Gasteiger partial charge on any atom is -0.363 e. The molecule has 2 atom stereocenters. The summed E-state index contributed by atoms with van der Waals surface area (Å²) in [7, 11) is 0. The Bertz CT molecular complexity index is 332. The van der Waals surface area contributed by atoms with E-state index in [9.17, 15) is 31.1 Å². The van der Waals surface area contributed by atoms with Gasteiger partial charge in [0.2, 0.25) is 6.10 Å². The second kappa shape index (κ2) is 6.14. The quantitative estimate of drug-likeness (QED) is 0.352. The van der Waals surface area contributed by atoms with Gasteiger partial charge in [0.05, 0.1) is 12.7 Å². The van der Waals surface area contributed by atoms with Crippen LogP contribution in [0.5, 0.6) is 0 Å². The topological polar surface area (TPSA) is 73.6 Å². The highest BCUT2D eigenvalue weighted by molar-refractivity contribution is 5.80. The Kier molecular flexibility index (Phi) is 5.21. The monoisotopic (exact) mass is 310 g/mol. The van der Waals surface area contributed by atoms with Crippen LogP contribution in [-0.2, 0) is 14.3 Å². The summed E-state index contributed by atoms with van der Waals surface area (Å²) < 4.78 is 81.9. The minimum atomic E-state index is -5.56. The van der Waals surface area contributed by atoms with E-state index in [1.807, 2.05) is 0 Å². The van der Waals surface area contributed by atoms with Crippen molar-refractivity contribution in [2.24, 2.45) is 5.84 Å². The van der Waals surface area contributed by atoms with Crippen LogP contribution >= 0.6 is 0 Å². The summed E-state index contributed by atoms with van der Waals surface area (Å²) in [6.45, 7) is -0.919.